The van der Waals surface area contributed by atoms with Crippen molar-refractivity contribution in [3.05, 3.63) is 0 Å². The molecule has 35 heavy (non-hydrogen) atoms. The van der Waals surface area contributed by atoms with E-state index in [-0.39, 0.29) is 32.1 Å². The molecular weight excluding hydrogens is 502 g/mol. The van der Waals surface area contributed by atoms with Gasteiger partial charge in [-0.3, -0.25) is 24.0 Å². The molecule has 0 aliphatic rings. The summed E-state index contributed by atoms with van der Waals surface area (Å²) < 4.78 is 0. The van der Waals surface area contributed by atoms with E-state index in [1.165, 1.54) is 23.5 Å². The number of hydrogen-bond donors (Lipinski definition) is 7. The highest BCUT2D eigenvalue weighted by molar-refractivity contribution is 7.98. The van der Waals surface area contributed by atoms with Crippen LogP contribution in [0.5, 0.6) is 0 Å². The first-order valence-corrected chi connectivity index (χ1v) is 13.6. The van der Waals surface area contributed by atoms with Crippen LogP contribution in [0.1, 0.15) is 38.5 Å². The number of rotatable bonds is 19. The van der Waals surface area contributed by atoms with Gasteiger partial charge in [-0.05, 0) is 49.7 Å². The standard InChI is InChI=1S/C20H35N5O8S2/c1-34-9-7-12(23-17(29)11(21)3-5-15(22)26)18(30)24-13(8-10-35-2)19(31)25-14(20(32)33)4-6-16(27)28/h11-14H,3-10,21H2,1-2H3,(H2,22,26)(H,23,29)(H,24,30)(H,25,31)(H,27,28)(H,32,33). The summed E-state index contributed by atoms with van der Waals surface area (Å²) in [7, 11) is 0. The van der Waals surface area contributed by atoms with Crippen molar-refractivity contribution in [3.63, 3.8) is 0 Å². The third kappa shape index (κ3) is 14.5. The normalized spacial score (nSPS) is 14.1. The average molecular weight is 538 g/mol. The molecule has 0 aromatic rings. The molecular formula is C20H35N5O8S2. The first-order chi connectivity index (χ1) is 16.4. The maximum absolute atomic E-state index is 13.0. The van der Waals surface area contributed by atoms with E-state index < -0.39 is 66.2 Å². The Morgan fingerprint density at radius 1 is 0.714 bits per heavy atom. The van der Waals surface area contributed by atoms with E-state index in [0.717, 1.165) is 0 Å². The van der Waals surface area contributed by atoms with E-state index in [2.05, 4.69) is 16.0 Å². The summed E-state index contributed by atoms with van der Waals surface area (Å²) >= 11 is 2.84. The number of primary amides is 1. The van der Waals surface area contributed by atoms with Gasteiger partial charge in [0.25, 0.3) is 0 Å². The number of nitrogens with one attached hydrogen (secondary N) is 3. The monoisotopic (exact) mass is 537 g/mol. The SMILES string of the molecule is CSCCC(NC(=O)C(N)CCC(N)=O)C(=O)NC(CCSC)C(=O)NC(CCC(=O)O)C(=O)O. The van der Waals surface area contributed by atoms with E-state index in [0.29, 0.717) is 11.5 Å². The second-order valence-corrected chi connectivity index (χ2v) is 9.60. The number of carboxylic acid groups (broad SMARTS) is 2. The largest absolute Gasteiger partial charge is 0.481 e. The zero-order valence-electron chi connectivity index (χ0n) is 19.8. The van der Waals surface area contributed by atoms with Crippen LogP contribution in [0.2, 0.25) is 0 Å². The molecule has 0 saturated heterocycles. The quantitative estimate of drug-likeness (QED) is 0.100. The Morgan fingerprint density at radius 3 is 1.57 bits per heavy atom. The number of hydrogen-bond acceptors (Lipinski definition) is 9. The molecule has 0 saturated carbocycles. The van der Waals surface area contributed by atoms with Crippen LogP contribution >= 0.6 is 23.5 Å². The summed E-state index contributed by atoms with van der Waals surface area (Å²) in [6, 6.07) is -4.64. The number of carbonyl (C=O) groups is 6. The summed E-state index contributed by atoms with van der Waals surface area (Å²) in [5.41, 5.74) is 10.8. The van der Waals surface area contributed by atoms with E-state index >= 15 is 0 Å². The fourth-order valence-electron chi connectivity index (χ4n) is 2.79. The van der Waals surface area contributed by atoms with Crippen LogP contribution in [0.4, 0.5) is 0 Å². The third-order valence-corrected chi connectivity index (χ3v) is 6.08. The highest BCUT2D eigenvalue weighted by Crippen LogP contribution is 2.07. The lowest BCUT2D eigenvalue weighted by atomic mass is 10.1. The van der Waals surface area contributed by atoms with Crippen molar-refractivity contribution in [2.75, 3.05) is 24.0 Å². The molecule has 13 nitrogen and oxygen atoms in total. The zero-order chi connectivity index (χ0) is 27.0. The molecule has 9 N–H and O–H groups in total. The van der Waals surface area contributed by atoms with Crippen molar-refractivity contribution in [1.29, 1.82) is 0 Å². The van der Waals surface area contributed by atoms with Crippen molar-refractivity contribution >= 4 is 59.1 Å². The number of amides is 4. The fraction of sp³-hybridized carbons (Fsp3) is 0.700. The molecule has 0 rings (SSSR count). The van der Waals surface area contributed by atoms with Crippen molar-refractivity contribution in [2.24, 2.45) is 11.5 Å². The number of nitrogens with two attached hydrogens (primary N) is 2. The molecule has 200 valence electrons. The van der Waals surface area contributed by atoms with E-state index in [9.17, 15) is 33.9 Å². The molecule has 4 unspecified atom stereocenters. The molecule has 0 spiro atoms. The minimum Gasteiger partial charge on any atom is -0.481 e. The van der Waals surface area contributed by atoms with Crippen LogP contribution in [0.15, 0.2) is 0 Å². The molecule has 0 aliphatic heterocycles. The predicted octanol–water partition coefficient (Wildman–Crippen LogP) is -1.51. The maximum atomic E-state index is 13.0. The van der Waals surface area contributed by atoms with Crippen LogP contribution < -0.4 is 27.4 Å². The van der Waals surface area contributed by atoms with Gasteiger partial charge in [0.2, 0.25) is 23.6 Å². The van der Waals surface area contributed by atoms with Crippen molar-refractivity contribution in [1.82, 2.24) is 16.0 Å². The highest BCUT2D eigenvalue weighted by atomic mass is 32.2. The highest BCUT2D eigenvalue weighted by Gasteiger charge is 2.30. The summed E-state index contributed by atoms with van der Waals surface area (Å²) in [4.78, 5) is 71.2. The predicted molar refractivity (Wildman–Crippen MR) is 133 cm³/mol. The van der Waals surface area contributed by atoms with Crippen molar-refractivity contribution in [3.8, 4) is 0 Å². The molecule has 0 aromatic heterocycles. The van der Waals surface area contributed by atoms with Gasteiger partial charge < -0.3 is 37.6 Å². The van der Waals surface area contributed by atoms with Crippen LogP contribution in [0.3, 0.4) is 0 Å². The Morgan fingerprint density at radius 2 is 1.17 bits per heavy atom. The van der Waals surface area contributed by atoms with Gasteiger partial charge in [-0.2, -0.15) is 23.5 Å². The van der Waals surface area contributed by atoms with E-state index in [1.807, 2.05) is 6.26 Å². The summed E-state index contributed by atoms with van der Waals surface area (Å²) in [5.74, 6) is -4.35. The number of carboxylic acids is 2. The zero-order valence-corrected chi connectivity index (χ0v) is 21.4. The second-order valence-electron chi connectivity index (χ2n) is 7.63. The average Bonchev–Trinajstić information content (AvgIpc) is 2.79. The molecule has 4 amide bonds. The molecule has 0 aliphatic carbocycles. The van der Waals surface area contributed by atoms with Gasteiger partial charge in [0.15, 0.2) is 0 Å². The van der Waals surface area contributed by atoms with Gasteiger partial charge in [-0.1, -0.05) is 0 Å². The summed E-state index contributed by atoms with van der Waals surface area (Å²) in [6.07, 6.45) is 3.13. The number of aliphatic carboxylic acids is 2. The van der Waals surface area contributed by atoms with Crippen LogP contribution in [-0.4, -0.2) is 94.0 Å². The minimum atomic E-state index is -1.44. The Hall–Kier alpha value is -2.52. The maximum Gasteiger partial charge on any atom is 0.326 e. The number of thioether (sulfide) groups is 2. The summed E-state index contributed by atoms with van der Waals surface area (Å²) in [5, 5.41) is 25.4. The van der Waals surface area contributed by atoms with E-state index in [1.54, 1.807) is 6.26 Å². The topological polar surface area (TPSA) is 231 Å². The number of carbonyl (C=O) groups excluding carboxylic acids is 4. The van der Waals surface area contributed by atoms with Crippen molar-refractivity contribution in [2.45, 2.75) is 62.7 Å². The minimum absolute atomic E-state index is 0.00368. The first kappa shape index (κ1) is 32.5. The van der Waals surface area contributed by atoms with Gasteiger partial charge in [0.1, 0.15) is 18.1 Å². The van der Waals surface area contributed by atoms with Gasteiger partial charge >= 0.3 is 11.9 Å². The Kier molecular flexibility index (Phi) is 16.6. The first-order valence-electron chi connectivity index (χ1n) is 10.8. The molecule has 0 radical (unpaired) electrons. The molecule has 4 atom stereocenters. The second kappa shape index (κ2) is 17.8. The Bertz CT molecular complexity index is 755. The smallest absolute Gasteiger partial charge is 0.326 e. The lowest BCUT2D eigenvalue weighted by Gasteiger charge is -2.25. The van der Waals surface area contributed by atoms with Gasteiger partial charge in [0.05, 0.1) is 6.04 Å². The van der Waals surface area contributed by atoms with Gasteiger partial charge in [-0.15, -0.1) is 0 Å². The Labute approximate surface area is 212 Å². The van der Waals surface area contributed by atoms with Crippen LogP contribution in [0, 0.1) is 0 Å². The van der Waals surface area contributed by atoms with Crippen LogP contribution in [-0.2, 0) is 28.8 Å². The Balaban J connectivity index is 5.40. The molecule has 0 heterocycles. The molecule has 15 heteroatoms. The van der Waals surface area contributed by atoms with Gasteiger partial charge in [0, 0.05) is 12.8 Å². The lowest BCUT2D eigenvalue weighted by Crippen LogP contribution is -2.57. The van der Waals surface area contributed by atoms with Crippen molar-refractivity contribution < 1.29 is 39.0 Å². The van der Waals surface area contributed by atoms with Gasteiger partial charge in [-0.25, -0.2) is 4.79 Å². The summed E-state index contributed by atoms with van der Waals surface area (Å²) in [6.45, 7) is 0. The van der Waals surface area contributed by atoms with E-state index in [4.69, 9.17) is 16.6 Å². The lowest BCUT2D eigenvalue weighted by molar-refractivity contribution is -0.143. The molecule has 0 bridgehead atoms. The van der Waals surface area contributed by atoms with Crippen LogP contribution in [0.25, 0.3) is 0 Å². The molecule has 0 aromatic carbocycles. The fourth-order valence-corrected chi connectivity index (χ4v) is 3.73. The molecule has 0 fully saturated rings. The third-order valence-electron chi connectivity index (χ3n) is 4.79.